The molecule has 0 heterocycles. The molecule has 1 atom stereocenters. The van der Waals surface area contributed by atoms with E-state index >= 15 is 0 Å². The first-order valence-corrected chi connectivity index (χ1v) is 6.83. The summed E-state index contributed by atoms with van der Waals surface area (Å²) in [5.41, 5.74) is -0.530. The second-order valence-electron chi connectivity index (χ2n) is 6.11. The largest absolute Gasteiger partial charge is 0.444 e. The first kappa shape index (κ1) is 15.0. The number of carbonyl (C=O) groups excluding carboxylic acids is 2. The number of carbonyl (C=O) groups is 2. The molecular formula is C14H25NO3. The summed E-state index contributed by atoms with van der Waals surface area (Å²) in [4.78, 5) is 23.7. The van der Waals surface area contributed by atoms with E-state index in [-0.39, 0.29) is 11.7 Å². The maximum absolute atomic E-state index is 12.1. The molecule has 1 fully saturated rings. The first-order valence-electron chi connectivity index (χ1n) is 6.83. The molecule has 0 aliphatic heterocycles. The van der Waals surface area contributed by atoms with Crippen LogP contribution < -0.4 is 5.32 Å². The average molecular weight is 255 g/mol. The van der Waals surface area contributed by atoms with Crippen LogP contribution in [0.1, 0.15) is 59.8 Å². The lowest BCUT2D eigenvalue weighted by molar-refractivity contribution is -0.125. The van der Waals surface area contributed by atoms with Crippen molar-refractivity contribution in [3.05, 3.63) is 0 Å². The van der Waals surface area contributed by atoms with Crippen LogP contribution in [-0.2, 0) is 9.53 Å². The number of amides is 1. The summed E-state index contributed by atoms with van der Waals surface area (Å²) in [5.74, 6) is 0.254. The van der Waals surface area contributed by atoms with Crippen molar-refractivity contribution in [3.8, 4) is 0 Å². The average Bonchev–Trinajstić information content (AvgIpc) is 2.26. The minimum Gasteiger partial charge on any atom is -0.444 e. The molecule has 4 heteroatoms. The quantitative estimate of drug-likeness (QED) is 0.843. The Bertz CT molecular complexity index is 301. The highest BCUT2D eigenvalue weighted by atomic mass is 16.6. The van der Waals surface area contributed by atoms with Gasteiger partial charge in [-0.1, -0.05) is 19.3 Å². The number of ether oxygens (including phenoxy) is 1. The van der Waals surface area contributed by atoms with Crippen LogP contribution >= 0.6 is 0 Å². The lowest BCUT2D eigenvalue weighted by Crippen LogP contribution is -2.44. The molecule has 0 saturated heterocycles. The standard InChI is InChI=1S/C14H25NO3/c1-10(15-13(17)18-14(2,3)4)12(16)11-8-6-5-7-9-11/h10-11H,5-9H2,1-4H3,(H,15,17). The van der Waals surface area contributed by atoms with Gasteiger partial charge in [0.2, 0.25) is 0 Å². The zero-order valence-corrected chi connectivity index (χ0v) is 11.9. The molecule has 4 nitrogen and oxygen atoms in total. The highest BCUT2D eigenvalue weighted by Gasteiger charge is 2.27. The fourth-order valence-electron chi connectivity index (χ4n) is 2.30. The van der Waals surface area contributed by atoms with Crippen LogP contribution in [0.3, 0.4) is 0 Å². The smallest absolute Gasteiger partial charge is 0.408 e. The Hall–Kier alpha value is -1.06. The van der Waals surface area contributed by atoms with Gasteiger partial charge in [0.05, 0.1) is 6.04 Å². The van der Waals surface area contributed by atoms with E-state index < -0.39 is 17.7 Å². The van der Waals surface area contributed by atoms with Crippen LogP contribution in [0.25, 0.3) is 0 Å². The Morgan fingerprint density at radius 3 is 2.22 bits per heavy atom. The normalized spacial score (nSPS) is 19.1. The van der Waals surface area contributed by atoms with E-state index in [1.165, 1.54) is 6.42 Å². The summed E-state index contributed by atoms with van der Waals surface area (Å²) in [6, 6.07) is -0.456. The molecule has 1 rings (SSSR count). The molecule has 1 aliphatic carbocycles. The Morgan fingerprint density at radius 1 is 1.17 bits per heavy atom. The SMILES string of the molecule is CC(NC(=O)OC(C)(C)C)C(=O)C1CCCCC1. The van der Waals surface area contributed by atoms with E-state index in [0.29, 0.717) is 0 Å². The summed E-state index contributed by atoms with van der Waals surface area (Å²) in [5, 5.41) is 2.62. The third-order valence-corrected chi connectivity index (χ3v) is 3.17. The lowest BCUT2D eigenvalue weighted by Gasteiger charge is -2.25. The highest BCUT2D eigenvalue weighted by Crippen LogP contribution is 2.25. The van der Waals surface area contributed by atoms with Gasteiger partial charge in [-0.25, -0.2) is 4.79 Å². The summed E-state index contributed by atoms with van der Waals surface area (Å²) in [6.45, 7) is 7.15. The molecule has 1 saturated carbocycles. The molecule has 104 valence electrons. The molecule has 1 unspecified atom stereocenters. The van der Waals surface area contributed by atoms with E-state index in [1.54, 1.807) is 27.7 Å². The van der Waals surface area contributed by atoms with Crippen molar-refractivity contribution in [2.24, 2.45) is 5.92 Å². The van der Waals surface area contributed by atoms with Gasteiger partial charge in [-0.05, 0) is 40.5 Å². The maximum Gasteiger partial charge on any atom is 0.408 e. The first-order chi connectivity index (χ1) is 8.29. The molecule has 0 aromatic rings. The lowest BCUT2D eigenvalue weighted by atomic mass is 9.84. The topological polar surface area (TPSA) is 55.4 Å². The molecule has 18 heavy (non-hydrogen) atoms. The minimum absolute atomic E-state index is 0.115. The van der Waals surface area contributed by atoms with Crippen molar-refractivity contribution < 1.29 is 14.3 Å². The minimum atomic E-state index is -0.530. The number of hydrogen-bond donors (Lipinski definition) is 1. The van der Waals surface area contributed by atoms with Gasteiger partial charge in [0.1, 0.15) is 5.60 Å². The molecule has 1 aliphatic rings. The summed E-state index contributed by atoms with van der Waals surface area (Å²) in [7, 11) is 0. The van der Waals surface area contributed by atoms with Crippen LogP contribution in [0.4, 0.5) is 4.79 Å². The molecular weight excluding hydrogens is 230 g/mol. The molecule has 1 amide bonds. The van der Waals surface area contributed by atoms with Gasteiger partial charge < -0.3 is 10.1 Å². The number of nitrogens with one attached hydrogen (secondary N) is 1. The maximum atomic E-state index is 12.1. The van der Waals surface area contributed by atoms with Crippen LogP contribution in [0.2, 0.25) is 0 Å². The van der Waals surface area contributed by atoms with Crippen molar-refractivity contribution in [3.63, 3.8) is 0 Å². The number of rotatable bonds is 3. The summed E-state index contributed by atoms with van der Waals surface area (Å²) >= 11 is 0. The third-order valence-electron chi connectivity index (χ3n) is 3.17. The van der Waals surface area contributed by atoms with Crippen molar-refractivity contribution in [1.82, 2.24) is 5.32 Å². The Kier molecular flexibility index (Phi) is 5.17. The summed E-state index contributed by atoms with van der Waals surface area (Å²) in [6.07, 6.45) is 4.86. The number of ketones is 1. The van der Waals surface area contributed by atoms with E-state index in [9.17, 15) is 9.59 Å². The van der Waals surface area contributed by atoms with Crippen LogP contribution in [-0.4, -0.2) is 23.5 Å². The van der Waals surface area contributed by atoms with E-state index in [0.717, 1.165) is 25.7 Å². The molecule has 0 aromatic carbocycles. The summed E-state index contributed by atoms with van der Waals surface area (Å²) < 4.78 is 5.14. The van der Waals surface area contributed by atoms with Gasteiger partial charge in [0.25, 0.3) is 0 Å². The van der Waals surface area contributed by atoms with Gasteiger partial charge in [-0.15, -0.1) is 0 Å². The van der Waals surface area contributed by atoms with E-state index in [1.807, 2.05) is 0 Å². The van der Waals surface area contributed by atoms with Crippen molar-refractivity contribution in [1.29, 1.82) is 0 Å². The van der Waals surface area contributed by atoms with Crippen molar-refractivity contribution in [2.75, 3.05) is 0 Å². The van der Waals surface area contributed by atoms with E-state index in [2.05, 4.69) is 5.32 Å². The second kappa shape index (κ2) is 6.21. The number of hydrogen-bond acceptors (Lipinski definition) is 3. The molecule has 0 aromatic heterocycles. The Morgan fingerprint density at radius 2 is 1.72 bits per heavy atom. The van der Waals surface area contributed by atoms with Crippen molar-refractivity contribution in [2.45, 2.75) is 71.4 Å². The fourth-order valence-corrected chi connectivity index (χ4v) is 2.30. The predicted molar refractivity (Wildman–Crippen MR) is 70.4 cm³/mol. The van der Waals surface area contributed by atoms with Gasteiger partial charge in [-0.3, -0.25) is 4.79 Å². The van der Waals surface area contributed by atoms with Crippen LogP contribution in [0.15, 0.2) is 0 Å². The number of Topliss-reactive ketones (excluding diaryl/α,β-unsaturated/α-hetero) is 1. The molecule has 0 radical (unpaired) electrons. The Labute approximate surface area is 109 Å². The van der Waals surface area contributed by atoms with E-state index in [4.69, 9.17) is 4.74 Å². The number of alkyl carbamates (subject to hydrolysis) is 1. The fraction of sp³-hybridized carbons (Fsp3) is 0.857. The third kappa shape index (κ3) is 5.07. The molecule has 0 spiro atoms. The van der Waals surface area contributed by atoms with Gasteiger partial charge >= 0.3 is 6.09 Å². The van der Waals surface area contributed by atoms with Gasteiger partial charge in [0.15, 0.2) is 5.78 Å². The van der Waals surface area contributed by atoms with Crippen LogP contribution in [0.5, 0.6) is 0 Å². The highest BCUT2D eigenvalue weighted by molar-refractivity contribution is 5.88. The zero-order valence-electron chi connectivity index (χ0n) is 11.9. The zero-order chi connectivity index (χ0) is 13.8. The van der Waals surface area contributed by atoms with Crippen LogP contribution in [0, 0.1) is 5.92 Å². The molecule has 1 N–H and O–H groups in total. The van der Waals surface area contributed by atoms with Crippen molar-refractivity contribution >= 4 is 11.9 Å². The molecule has 0 bridgehead atoms. The monoisotopic (exact) mass is 255 g/mol. The second-order valence-corrected chi connectivity index (χ2v) is 6.11. The Balaban J connectivity index is 2.41. The van der Waals surface area contributed by atoms with Gasteiger partial charge in [0, 0.05) is 5.92 Å². The predicted octanol–water partition coefficient (Wildman–Crippen LogP) is 3.05. The van der Waals surface area contributed by atoms with Gasteiger partial charge in [-0.2, -0.15) is 0 Å².